The third-order valence-electron chi connectivity index (χ3n) is 5.06. The third-order valence-corrected chi connectivity index (χ3v) is 6.80. The number of nitrogens with zero attached hydrogens (tertiary/aromatic N) is 2. The van der Waals surface area contributed by atoms with E-state index in [2.05, 4.69) is 10.3 Å². The van der Waals surface area contributed by atoms with Crippen LogP contribution in [-0.4, -0.2) is 29.6 Å². The van der Waals surface area contributed by atoms with Crippen LogP contribution in [0.4, 0.5) is 5.69 Å². The van der Waals surface area contributed by atoms with E-state index in [0.29, 0.717) is 22.1 Å². The molecule has 0 aliphatic rings. The summed E-state index contributed by atoms with van der Waals surface area (Å²) >= 11 is 6.00. The van der Waals surface area contributed by atoms with Crippen molar-refractivity contribution in [3.05, 3.63) is 95.1 Å². The molecule has 0 bridgehead atoms. The van der Waals surface area contributed by atoms with Crippen molar-refractivity contribution < 1.29 is 13.2 Å². The standard InChI is InChI=1S/C25H22ClN3O3S/c1-17-3-7-19(8-4-17)23-15-29(22-13-9-20(26)10-14-22)25(28-23)33(31,32)16-24(30)27-21-11-5-18(2)6-12-21/h3-15H,16H2,1-2H3,(H,27,30). The van der Waals surface area contributed by atoms with Gasteiger partial charge in [-0.1, -0.05) is 59.1 Å². The predicted molar refractivity (Wildman–Crippen MR) is 131 cm³/mol. The SMILES string of the molecule is Cc1ccc(NC(=O)CS(=O)(=O)c2nc(-c3ccc(C)cc3)cn2-c2ccc(Cl)cc2)cc1. The molecule has 168 valence electrons. The molecule has 6 nitrogen and oxygen atoms in total. The van der Waals surface area contributed by atoms with Crippen LogP contribution in [0.5, 0.6) is 0 Å². The molecule has 1 aromatic heterocycles. The lowest BCUT2D eigenvalue weighted by Gasteiger charge is -2.09. The molecular weight excluding hydrogens is 458 g/mol. The zero-order valence-electron chi connectivity index (χ0n) is 18.1. The van der Waals surface area contributed by atoms with Crippen molar-refractivity contribution in [1.82, 2.24) is 9.55 Å². The van der Waals surface area contributed by atoms with Crippen LogP contribution in [0.25, 0.3) is 16.9 Å². The van der Waals surface area contributed by atoms with Crippen LogP contribution in [0.15, 0.2) is 84.1 Å². The van der Waals surface area contributed by atoms with Crippen LogP contribution >= 0.6 is 11.6 Å². The summed E-state index contributed by atoms with van der Waals surface area (Å²) in [6.45, 7) is 3.90. The second-order valence-electron chi connectivity index (χ2n) is 7.79. The minimum atomic E-state index is -4.07. The molecule has 8 heteroatoms. The lowest BCUT2D eigenvalue weighted by molar-refractivity contribution is -0.113. The van der Waals surface area contributed by atoms with E-state index < -0.39 is 21.5 Å². The lowest BCUT2D eigenvalue weighted by Crippen LogP contribution is -2.25. The molecule has 0 atom stereocenters. The Morgan fingerprint density at radius 3 is 2.09 bits per heavy atom. The number of hydrogen-bond acceptors (Lipinski definition) is 4. The van der Waals surface area contributed by atoms with E-state index in [4.69, 9.17) is 11.6 Å². The van der Waals surface area contributed by atoms with Gasteiger partial charge in [-0.05, 0) is 50.2 Å². The largest absolute Gasteiger partial charge is 0.325 e. The van der Waals surface area contributed by atoms with E-state index in [1.54, 1.807) is 42.6 Å². The summed E-state index contributed by atoms with van der Waals surface area (Å²) in [7, 11) is -4.07. The van der Waals surface area contributed by atoms with Crippen molar-refractivity contribution in [3.8, 4) is 16.9 Å². The van der Waals surface area contributed by atoms with Gasteiger partial charge in [0, 0.05) is 28.2 Å². The number of imidazole rings is 1. The second kappa shape index (κ2) is 9.21. The maximum Gasteiger partial charge on any atom is 0.240 e. The number of amides is 1. The van der Waals surface area contributed by atoms with Crippen molar-refractivity contribution in [2.45, 2.75) is 19.0 Å². The molecule has 4 aromatic rings. The number of aromatic nitrogens is 2. The van der Waals surface area contributed by atoms with Gasteiger partial charge in [0.25, 0.3) is 0 Å². The summed E-state index contributed by atoms with van der Waals surface area (Å²) < 4.78 is 28.0. The molecule has 0 spiro atoms. The van der Waals surface area contributed by atoms with Gasteiger partial charge in [-0.3, -0.25) is 9.36 Å². The molecule has 0 unspecified atom stereocenters. The topological polar surface area (TPSA) is 81.1 Å². The quantitative estimate of drug-likeness (QED) is 0.411. The number of aryl methyl sites for hydroxylation is 2. The van der Waals surface area contributed by atoms with Crippen LogP contribution in [0.1, 0.15) is 11.1 Å². The van der Waals surface area contributed by atoms with E-state index in [1.165, 1.54) is 4.57 Å². The van der Waals surface area contributed by atoms with Crippen LogP contribution in [0.3, 0.4) is 0 Å². The van der Waals surface area contributed by atoms with Crippen LogP contribution in [-0.2, 0) is 14.6 Å². The normalized spacial score (nSPS) is 11.4. The number of hydrogen-bond donors (Lipinski definition) is 1. The zero-order chi connectivity index (χ0) is 23.6. The van der Waals surface area contributed by atoms with Crippen molar-refractivity contribution in [2.75, 3.05) is 11.1 Å². The van der Waals surface area contributed by atoms with E-state index in [0.717, 1.165) is 16.7 Å². The Labute approximate surface area is 197 Å². The van der Waals surface area contributed by atoms with Crippen molar-refractivity contribution in [1.29, 1.82) is 0 Å². The highest BCUT2D eigenvalue weighted by Crippen LogP contribution is 2.26. The molecule has 3 aromatic carbocycles. The summed E-state index contributed by atoms with van der Waals surface area (Å²) in [5.74, 6) is -1.37. The van der Waals surface area contributed by atoms with Gasteiger partial charge < -0.3 is 5.32 Å². The average molecular weight is 480 g/mol. The zero-order valence-corrected chi connectivity index (χ0v) is 19.7. The van der Waals surface area contributed by atoms with Gasteiger partial charge in [-0.2, -0.15) is 0 Å². The van der Waals surface area contributed by atoms with Crippen molar-refractivity contribution >= 4 is 33.0 Å². The fourth-order valence-electron chi connectivity index (χ4n) is 3.30. The first-order valence-corrected chi connectivity index (χ1v) is 12.3. The summed E-state index contributed by atoms with van der Waals surface area (Å²) in [6, 6.07) is 21.5. The van der Waals surface area contributed by atoms with E-state index in [1.807, 2.05) is 50.2 Å². The Bertz CT molecular complexity index is 1390. The monoisotopic (exact) mass is 479 g/mol. The van der Waals surface area contributed by atoms with Crippen molar-refractivity contribution in [2.24, 2.45) is 0 Å². The van der Waals surface area contributed by atoms with Crippen LogP contribution in [0.2, 0.25) is 5.02 Å². The maximum atomic E-state index is 13.3. The van der Waals surface area contributed by atoms with Gasteiger partial charge in [0.2, 0.25) is 20.9 Å². The molecule has 0 aliphatic heterocycles. The Hall–Kier alpha value is -3.42. The summed E-state index contributed by atoms with van der Waals surface area (Å²) in [4.78, 5) is 17.0. The van der Waals surface area contributed by atoms with E-state index in [-0.39, 0.29) is 5.16 Å². The first-order chi connectivity index (χ1) is 15.7. The summed E-state index contributed by atoms with van der Waals surface area (Å²) in [5.41, 5.74) is 4.48. The Morgan fingerprint density at radius 2 is 1.48 bits per heavy atom. The number of halogens is 1. The average Bonchev–Trinajstić information content (AvgIpc) is 3.22. The predicted octanol–water partition coefficient (Wildman–Crippen LogP) is 5.22. The van der Waals surface area contributed by atoms with Gasteiger partial charge in [-0.15, -0.1) is 0 Å². The summed E-state index contributed by atoms with van der Waals surface area (Å²) in [6.07, 6.45) is 1.65. The number of carbonyl (C=O) groups is 1. The molecule has 0 aliphatic carbocycles. The molecule has 0 fully saturated rings. The number of carbonyl (C=O) groups excluding carboxylic acids is 1. The van der Waals surface area contributed by atoms with Gasteiger partial charge in [0.1, 0.15) is 5.75 Å². The summed E-state index contributed by atoms with van der Waals surface area (Å²) in [5, 5.41) is 2.95. The number of anilines is 1. The van der Waals surface area contributed by atoms with E-state index in [9.17, 15) is 13.2 Å². The molecule has 0 radical (unpaired) electrons. The molecule has 4 rings (SSSR count). The highest BCUT2D eigenvalue weighted by atomic mass is 35.5. The molecule has 1 amide bonds. The van der Waals surface area contributed by atoms with Gasteiger partial charge >= 0.3 is 0 Å². The van der Waals surface area contributed by atoms with Gasteiger partial charge in [-0.25, -0.2) is 13.4 Å². The highest BCUT2D eigenvalue weighted by Gasteiger charge is 2.27. The Morgan fingerprint density at radius 1 is 0.909 bits per heavy atom. The van der Waals surface area contributed by atoms with Crippen molar-refractivity contribution in [3.63, 3.8) is 0 Å². The van der Waals surface area contributed by atoms with Gasteiger partial charge in [0.05, 0.1) is 5.69 Å². The minimum absolute atomic E-state index is 0.209. The fraction of sp³-hybridized carbons (Fsp3) is 0.120. The number of benzene rings is 3. The van der Waals surface area contributed by atoms with Crippen LogP contribution in [0, 0.1) is 13.8 Å². The van der Waals surface area contributed by atoms with E-state index >= 15 is 0 Å². The third kappa shape index (κ3) is 5.32. The maximum absolute atomic E-state index is 13.3. The molecule has 0 saturated heterocycles. The first-order valence-electron chi connectivity index (χ1n) is 10.2. The minimum Gasteiger partial charge on any atom is -0.325 e. The second-order valence-corrected chi connectivity index (χ2v) is 10.1. The molecule has 1 N–H and O–H groups in total. The molecule has 33 heavy (non-hydrogen) atoms. The molecule has 0 saturated carbocycles. The van der Waals surface area contributed by atoms with Crippen LogP contribution < -0.4 is 5.32 Å². The number of nitrogens with one attached hydrogen (secondary N) is 1. The first kappa shape index (κ1) is 22.8. The number of rotatable bonds is 6. The fourth-order valence-corrected chi connectivity index (χ4v) is 4.67. The Balaban J connectivity index is 1.70. The smallest absolute Gasteiger partial charge is 0.240 e. The highest BCUT2D eigenvalue weighted by molar-refractivity contribution is 7.92. The van der Waals surface area contributed by atoms with Gasteiger partial charge in [0.15, 0.2) is 0 Å². The molecule has 1 heterocycles. The Kier molecular flexibility index (Phi) is 6.35. The lowest BCUT2D eigenvalue weighted by atomic mass is 10.1. The number of sulfone groups is 1. The molecular formula is C25H22ClN3O3S.